The third kappa shape index (κ3) is 4.70. The summed E-state index contributed by atoms with van der Waals surface area (Å²) in [5, 5.41) is 7.92. The number of nitrogens with zero attached hydrogens (tertiary/aromatic N) is 4. The second-order valence-corrected chi connectivity index (χ2v) is 8.74. The van der Waals surface area contributed by atoms with Gasteiger partial charge in [0.25, 0.3) is 5.56 Å². The van der Waals surface area contributed by atoms with Gasteiger partial charge in [0.1, 0.15) is 24.3 Å². The first-order chi connectivity index (χ1) is 17.4. The molecule has 1 unspecified atom stereocenters. The molecule has 1 aliphatic rings. The minimum atomic E-state index is -0.677. The topological polar surface area (TPSA) is 83.2 Å². The highest BCUT2D eigenvalue weighted by Gasteiger charge is 2.19. The number of pyridine rings is 2. The lowest BCUT2D eigenvalue weighted by Gasteiger charge is -2.22. The Kier molecular flexibility index (Phi) is 6.48. The zero-order valence-corrected chi connectivity index (χ0v) is 19.8. The predicted molar refractivity (Wildman–Crippen MR) is 130 cm³/mol. The maximum atomic E-state index is 14.8. The molecule has 0 bridgehead atoms. The summed E-state index contributed by atoms with van der Waals surface area (Å²) in [4.78, 5) is 17.4. The molecule has 8 nitrogen and oxygen atoms in total. The molecule has 184 valence electrons. The van der Waals surface area contributed by atoms with Crippen LogP contribution in [0.1, 0.15) is 18.9 Å². The highest BCUT2D eigenvalue weighted by molar-refractivity contribution is 6.31. The van der Waals surface area contributed by atoms with Crippen LogP contribution in [0.2, 0.25) is 5.02 Å². The van der Waals surface area contributed by atoms with Gasteiger partial charge in [-0.05, 0) is 25.1 Å². The summed E-state index contributed by atoms with van der Waals surface area (Å²) < 4.78 is 42.2. The van der Waals surface area contributed by atoms with Crippen LogP contribution in [0.15, 0.2) is 53.7 Å². The number of aromatic nitrogens is 4. The van der Waals surface area contributed by atoms with Crippen LogP contribution in [0.5, 0.6) is 0 Å². The van der Waals surface area contributed by atoms with Crippen molar-refractivity contribution >= 4 is 28.3 Å². The molecule has 0 saturated carbocycles. The highest BCUT2D eigenvalue weighted by atomic mass is 35.5. The Balaban J connectivity index is 1.46. The first-order valence-electron chi connectivity index (χ1n) is 11.1. The van der Waals surface area contributed by atoms with E-state index in [0.29, 0.717) is 17.8 Å². The van der Waals surface area contributed by atoms with E-state index in [0.717, 1.165) is 6.20 Å². The highest BCUT2D eigenvalue weighted by Crippen LogP contribution is 2.23. The number of fused-ring (bicyclic) bond motifs is 1. The van der Waals surface area contributed by atoms with Crippen molar-refractivity contribution in [3.63, 3.8) is 0 Å². The van der Waals surface area contributed by atoms with Gasteiger partial charge >= 0.3 is 0 Å². The first-order valence-corrected chi connectivity index (χ1v) is 11.5. The second kappa shape index (κ2) is 9.87. The quantitative estimate of drug-likeness (QED) is 0.406. The second-order valence-electron chi connectivity index (χ2n) is 8.33. The lowest BCUT2D eigenvalue weighted by atomic mass is 10.1. The molecule has 1 aliphatic heterocycles. The van der Waals surface area contributed by atoms with Crippen LogP contribution in [0.25, 0.3) is 16.6 Å². The van der Waals surface area contributed by atoms with Crippen molar-refractivity contribution in [2.75, 3.05) is 11.9 Å². The van der Waals surface area contributed by atoms with Crippen LogP contribution in [0.4, 0.5) is 14.6 Å². The van der Waals surface area contributed by atoms with E-state index >= 15 is 0 Å². The Hall–Kier alpha value is -4.10. The number of rotatable bonds is 5. The number of hydrogen-bond acceptors (Lipinski definition) is 6. The molecule has 1 N–H and O–H groups in total. The average molecular weight is 512 g/mol. The van der Waals surface area contributed by atoms with Crippen molar-refractivity contribution in [1.29, 1.82) is 0 Å². The number of anilines is 1. The van der Waals surface area contributed by atoms with E-state index in [9.17, 15) is 13.6 Å². The number of benzene rings is 1. The van der Waals surface area contributed by atoms with Crippen LogP contribution >= 0.6 is 11.6 Å². The number of hydrogen-bond donors (Lipinski definition) is 1. The van der Waals surface area contributed by atoms with Gasteiger partial charge in [-0.1, -0.05) is 17.7 Å². The van der Waals surface area contributed by atoms with Gasteiger partial charge in [-0.2, -0.15) is 5.10 Å². The van der Waals surface area contributed by atoms with Crippen molar-refractivity contribution in [3.8, 4) is 17.9 Å². The molecule has 5 rings (SSSR count). The van der Waals surface area contributed by atoms with Crippen molar-refractivity contribution < 1.29 is 18.3 Å². The molecule has 0 fully saturated rings. The Morgan fingerprint density at radius 1 is 1.22 bits per heavy atom. The maximum absolute atomic E-state index is 14.8. The molecule has 0 spiro atoms. The van der Waals surface area contributed by atoms with Crippen LogP contribution in [-0.2, 0) is 16.0 Å². The molecule has 0 saturated heterocycles. The molecule has 0 radical (unpaired) electrons. The molecule has 2 atom stereocenters. The number of halogens is 3. The molecule has 36 heavy (non-hydrogen) atoms. The van der Waals surface area contributed by atoms with Gasteiger partial charge in [-0.3, -0.25) is 14.0 Å². The largest absolute Gasteiger partial charge is 0.442 e. The van der Waals surface area contributed by atoms with Gasteiger partial charge in [-0.15, -0.1) is 0 Å². The van der Waals surface area contributed by atoms with Crippen LogP contribution in [0, 0.1) is 23.8 Å². The van der Waals surface area contributed by atoms with Gasteiger partial charge < -0.3 is 14.8 Å². The molecule has 1 aromatic carbocycles. The summed E-state index contributed by atoms with van der Waals surface area (Å²) in [6.45, 7) is 2.20. The summed E-state index contributed by atoms with van der Waals surface area (Å²) >= 11 is 6.14. The molecule has 4 heterocycles. The van der Waals surface area contributed by atoms with Crippen molar-refractivity contribution in [1.82, 2.24) is 19.3 Å². The fourth-order valence-corrected chi connectivity index (χ4v) is 4.26. The fraction of sp³-hybridized carbons (Fsp3) is 0.240. The minimum absolute atomic E-state index is 0.0140. The Bertz CT molecular complexity index is 1540. The minimum Gasteiger partial charge on any atom is -0.442 e. The summed E-state index contributed by atoms with van der Waals surface area (Å²) in [5.74, 6) is -0.789. The lowest BCUT2D eigenvalue weighted by Crippen LogP contribution is -2.30. The van der Waals surface area contributed by atoms with E-state index in [1.54, 1.807) is 12.1 Å². The summed E-state index contributed by atoms with van der Waals surface area (Å²) in [5.41, 5.74) is 0.249. The molecule has 3 aromatic heterocycles. The van der Waals surface area contributed by atoms with Gasteiger partial charge in [-0.25, -0.2) is 13.8 Å². The number of ether oxygens (including phenoxy) is 2. The van der Waals surface area contributed by atoms with E-state index in [-0.39, 0.29) is 47.0 Å². The van der Waals surface area contributed by atoms with E-state index in [4.69, 9.17) is 21.1 Å². The molecule has 11 heteroatoms. The van der Waals surface area contributed by atoms with Crippen molar-refractivity contribution in [2.24, 2.45) is 0 Å². The van der Waals surface area contributed by atoms with Gasteiger partial charge in [0.05, 0.1) is 41.6 Å². The standard InChI is InChI=1S/C25H20ClF2N5O3/c1-15-9-16(14-35-7-8-36-15)31-24-10-23(21(28)12-29-24)32-6-5-22-17(25(32)34)11-30-33(22)13-18-19(26)3-2-4-20(18)27/h2-6,10-12,15-16H,9,13-14H2,1H3,(H,29,31)/t15?,16-/m0/s1. The normalized spacial score (nSPS) is 17.3. The summed E-state index contributed by atoms with van der Waals surface area (Å²) in [6, 6.07) is 7.28. The Morgan fingerprint density at radius 2 is 2.08 bits per heavy atom. The average Bonchev–Trinajstić information content (AvgIpc) is 3.25. The molecular weight excluding hydrogens is 492 g/mol. The Morgan fingerprint density at radius 3 is 2.92 bits per heavy atom. The van der Waals surface area contributed by atoms with E-state index in [2.05, 4.69) is 27.6 Å². The zero-order chi connectivity index (χ0) is 25.2. The van der Waals surface area contributed by atoms with E-state index < -0.39 is 17.2 Å². The van der Waals surface area contributed by atoms with E-state index in [1.807, 2.05) is 6.92 Å². The number of nitrogens with one attached hydrogen (secondary N) is 1. The van der Waals surface area contributed by atoms with E-state index in [1.165, 1.54) is 39.8 Å². The summed E-state index contributed by atoms with van der Waals surface area (Å²) in [6.07, 6.45) is 9.22. The predicted octanol–water partition coefficient (Wildman–Crippen LogP) is 4.09. The molecule has 4 aromatic rings. The molecule has 0 aliphatic carbocycles. The monoisotopic (exact) mass is 511 g/mol. The molecule has 0 amide bonds. The maximum Gasteiger partial charge on any atom is 0.266 e. The third-order valence-corrected chi connectivity index (χ3v) is 6.16. The van der Waals surface area contributed by atoms with Gasteiger partial charge in [0.2, 0.25) is 0 Å². The van der Waals surface area contributed by atoms with Gasteiger partial charge in [0, 0.05) is 29.3 Å². The lowest BCUT2D eigenvalue weighted by molar-refractivity contribution is 0.133. The molecular formula is C25H20ClF2N5O3. The van der Waals surface area contributed by atoms with Crippen molar-refractivity contribution in [2.45, 2.75) is 32.0 Å². The third-order valence-electron chi connectivity index (χ3n) is 5.80. The zero-order valence-electron chi connectivity index (χ0n) is 19.0. The van der Waals surface area contributed by atoms with Crippen LogP contribution < -0.4 is 10.9 Å². The van der Waals surface area contributed by atoms with Gasteiger partial charge in [0.15, 0.2) is 18.0 Å². The fourth-order valence-electron chi connectivity index (χ4n) is 4.04. The first kappa shape index (κ1) is 23.6. The Labute approximate surface area is 209 Å². The SMILES string of the molecule is CC1C[C@H](Nc2cc(-n3ccc4c(cnn4Cc4c(F)cccc4Cl)c3=O)c(F)cn2)COC#CO1. The van der Waals surface area contributed by atoms with Crippen molar-refractivity contribution in [3.05, 3.63) is 81.5 Å². The van der Waals surface area contributed by atoms with Crippen LogP contribution in [0.3, 0.4) is 0 Å². The summed E-state index contributed by atoms with van der Waals surface area (Å²) in [7, 11) is 0. The smallest absolute Gasteiger partial charge is 0.266 e. The van der Waals surface area contributed by atoms with Crippen LogP contribution in [-0.4, -0.2) is 38.1 Å².